The lowest BCUT2D eigenvalue weighted by molar-refractivity contribution is 0.112. The summed E-state index contributed by atoms with van der Waals surface area (Å²) in [4.78, 5) is 6.91. The molecule has 0 bridgehead atoms. The Bertz CT molecular complexity index is 1090. The van der Waals surface area contributed by atoms with E-state index in [2.05, 4.69) is 90.5 Å². The maximum atomic E-state index is 4.65. The van der Waals surface area contributed by atoms with Crippen LogP contribution in [0.1, 0.15) is 34.0 Å². The van der Waals surface area contributed by atoms with Crippen LogP contribution in [-0.2, 0) is 0 Å². The summed E-state index contributed by atoms with van der Waals surface area (Å²) in [6, 6.07) is 23.6. The second kappa shape index (κ2) is 8.54. The quantitative estimate of drug-likeness (QED) is 0.515. The van der Waals surface area contributed by atoms with Crippen molar-refractivity contribution in [2.45, 2.75) is 6.04 Å². The molecule has 2 heterocycles. The van der Waals surface area contributed by atoms with Crippen molar-refractivity contribution in [3.8, 4) is 0 Å². The third-order valence-corrected chi connectivity index (χ3v) is 6.44. The minimum Gasteiger partial charge on any atom is -0.294 e. The van der Waals surface area contributed by atoms with Crippen LogP contribution in [0.2, 0.25) is 0 Å². The molecule has 0 amide bonds. The molecule has 1 aliphatic carbocycles. The summed E-state index contributed by atoms with van der Waals surface area (Å²) in [6.45, 7) is 3.73. The van der Waals surface area contributed by atoms with Gasteiger partial charge >= 0.3 is 0 Å². The van der Waals surface area contributed by atoms with Crippen molar-refractivity contribution in [2.75, 3.05) is 26.2 Å². The van der Waals surface area contributed by atoms with Crippen LogP contribution in [0.15, 0.2) is 78.0 Å². The molecule has 0 spiro atoms. The van der Waals surface area contributed by atoms with E-state index in [1.807, 2.05) is 24.4 Å². The third kappa shape index (κ3) is 3.83. The highest BCUT2D eigenvalue weighted by Crippen LogP contribution is 2.41. The molecule has 3 aromatic rings. The largest absolute Gasteiger partial charge is 0.294 e. The van der Waals surface area contributed by atoms with Crippen LogP contribution < -0.4 is 0 Å². The van der Waals surface area contributed by atoms with E-state index < -0.39 is 0 Å². The first-order valence-electron chi connectivity index (χ1n) is 10.3. The summed E-state index contributed by atoms with van der Waals surface area (Å²) < 4.78 is 1.15. The molecule has 1 aromatic heterocycles. The number of pyridine rings is 1. The van der Waals surface area contributed by atoms with Gasteiger partial charge in [0.1, 0.15) is 0 Å². The van der Waals surface area contributed by atoms with Gasteiger partial charge in [0.05, 0.1) is 18.0 Å². The molecular formula is C25H23BrN4. The topological polar surface area (TPSA) is 31.7 Å². The molecule has 1 saturated heterocycles. The van der Waals surface area contributed by atoms with Gasteiger partial charge in [-0.2, -0.15) is 5.10 Å². The number of piperazine rings is 1. The predicted octanol–water partition coefficient (Wildman–Crippen LogP) is 5.03. The van der Waals surface area contributed by atoms with Crippen LogP contribution in [0, 0.1) is 0 Å². The Labute approximate surface area is 185 Å². The van der Waals surface area contributed by atoms with Gasteiger partial charge in [-0.25, -0.2) is 0 Å². The number of nitrogens with zero attached hydrogens (tertiary/aromatic N) is 4. The van der Waals surface area contributed by atoms with Gasteiger partial charge in [0, 0.05) is 36.9 Å². The lowest BCUT2D eigenvalue weighted by Gasteiger charge is -2.39. The van der Waals surface area contributed by atoms with Crippen molar-refractivity contribution in [1.29, 1.82) is 0 Å². The van der Waals surface area contributed by atoms with Gasteiger partial charge in [-0.15, -0.1) is 0 Å². The standard InChI is InChI=1S/C25H23BrN4/c26-24-17-19-7-1-2-9-21(19)25(23-11-4-3-10-22(23)24)29-13-15-30(16-14-29)28-18-20-8-5-6-12-27-20/h1-12,17-18,25H,13-16H2. The van der Waals surface area contributed by atoms with Crippen LogP contribution in [-0.4, -0.2) is 47.3 Å². The fraction of sp³-hybridized carbons (Fsp3) is 0.200. The molecule has 1 unspecified atom stereocenters. The van der Waals surface area contributed by atoms with E-state index in [1.54, 1.807) is 6.20 Å². The molecule has 0 radical (unpaired) electrons. The summed E-state index contributed by atoms with van der Waals surface area (Å²) in [7, 11) is 0. The van der Waals surface area contributed by atoms with Gasteiger partial charge in [0.15, 0.2) is 0 Å². The summed E-state index contributed by atoms with van der Waals surface area (Å²) >= 11 is 3.82. The molecule has 0 saturated carbocycles. The number of halogens is 1. The van der Waals surface area contributed by atoms with Gasteiger partial charge in [-0.05, 0) is 40.5 Å². The highest BCUT2D eigenvalue weighted by molar-refractivity contribution is 9.15. The first kappa shape index (κ1) is 19.2. The van der Waals surface area contributed by atoms with Gasteiger partial charge in [-0.3, -0.25) is 14.9 Å². The predicted molar refractivity (Wildman–Crippen MR) is 127 cm³/mol. The Morgan fingerprint density at radius 2 is 1.60 bits per heavy atom. The van der Waals surface area contributed by atoms with Crippen molar-refractivity contribution in [3.05, 3.63) is 101 Å². The molecule has 1 atom stereocenters. The molecule has 1 aliphatic heterocycles. The Kier molecular flexibility index (Phi) is 5.47. The van der Waals surface area contributed by atoms with Crippen LogP contribution in [0.25, 0.3) is 10.6 Å². The fourth-order valence-electron chi connectivity index (χ4n) is 4.30. The second-order valence-electron chi connectivity index (χ2n) is 7.60. The Hall–Kier alpha value is -2.76. The first-order chi connectivity index (χ1) is 14.8. The zero-order valence-corrected chi connectivity index (χ0v) is 18.2. The lowest BCUT2D eigenvalue weighted by Crippen LogP contribution is -2.46. The van der Waals surface area contributed by atoms with Crippen LogP contribution in [0.3, 0.4) is 0 Å². The Morgan fingerprint density at radius 3 is 2.40 bits per heavy atom. The highest BCUT2D eigenvalue weighted by Gasteiger charge is 2.30. The zero-order valence-electron chi connectivity index (χ0n) is 16.7. The Morgan fingerprint density at radius 1 is 0.867 bits per heavy atom. The second-order valence-corrected chi connectivity index (χ2v) is 8.45. The average Bonchev–Trinajstić information content (AvgIpc) is 2.93. The number of hydrazone groups is 1. The normalized spacial score (nSPS) is 19.2. The van der Waals surface area contributed by atoms with E-state index in [0.717, 1.165) is 36.4 Å². The van der Waals surface area contributed by atoms with E-state index in [4.69, 9.17) is 0 Å². The number of fused-ring (bicyclic) bond motifs is 2. The number of rotatable bonds is 3. The number of benzene rings is 2. The third-order valence-electron chi connectivity index (χ3n) is 5.78. The lowest BCUT2D eigenvalue weighted by atomic mass is 9.92. The van der Waals surface area contributed by atoms with Gasteiger partial charge in [0.2, 0.25) is 0 Å². The van der Waals surface area contributed by atoms with Crippen molar-refractivity contribution in [3.63, 3.8) is 0 Å². The van der Waals surface area contributed by atoms with Crippen LogP contribution >= 0.6 is 15.9 Å². The molecule has 150 valence electrons. The van der Waals surface area contributed by atoms with E-state index >= 15 is 0 Å². The Balaban J connectivity index is 1.40. The van der Waals surface area contributed by atoms with E-state index in [0.29, 0.717) is 0 Å². The van der Waals surface area contributed by atoms with Crippen molar-refractivity contribution < 1.29 is 0 Å². The number of hydrogen-bond acceptors (Lipinski definition) is 4. The van der Waals surface area contributed by atoms with E-state index in [1.165, 1.54) is 22.3 Å². The summed E-state index contributed by atoms with van der Waals surface area (Å²) in [6.07, 6.45) is 5.90. The molecule has 0 N–H and O–H groups in total. The minimum atomic E-state index is 0.241. The maximum absolute atomic E-state index is 4.65. The molecule has 30 heavy (non-hydrogen) atoms. The summed E-state index contributed by atoms with van der Waals surface area (Å²) in [5.74, 6) is 0. The number of hydrogen-bond donors (Lipinski definition) is 0. The maximum Gasteiger partial charge on any atom is 0.0830 e. The van der Waals surface area contributed by atoms with Gasteiger partial charge in [-0.1, -0.05) is 70.5 Å². The van der Waals surface area contributed by atoms with Crippen molar-refractivity contribution >= 4 is 32.7 Å². The molecular weight excluding hydrogens is 436 g/mol. The van der Waals surface area contributed by atoms with Crippen LogP contribution in [0.5, 0.6) is 0 Å². The molecule has 5 heteroatoms. The van der Waals surface area contributed by atoms with E-state index in [9.17, 15) is 0 Å². The first-order valence-corrected chi connectivity index (χ1v) is 11.1. The average molecular weight is 459 g/mol. The van der Waals surface area contributed by atoms with Gasteiger partial charge < -0.3 is 0 Å². The molecule has 1 fully saturated rings. The molecule has 5 rings (SSSR count). The summed E-state index contributed by atoms with van der Waals surface area (Å²) in [5, 5.41) is 6.80. The molecule has 2 aromatic carbocycles. The smallest absolute Gasteiger partial charge is 0.0830 e. The van der Waals surface area contributed by atoms with Crippen molar-refractivity contribution in [1.82, 2.24) is 14.9 Å². The SMILES string of the molecule is BrC1=Cc2ccccc2C(N2CCN(N=Cc3ccccn3)CC2)c2ccccc21. The van der Waals surface area contributed by atoms with Crippen LogP contribution in [0.4, 0.5) is 0 Å². The fourth-order valence-corrected chi connectivity index (χ4v) is 4.91. The zero-order chi connectivity index (χ0) is 20.3. The monoisotopic (exact) mass is 458 g/mol. The number of aromatic nitrogens is 1. The molecule has 4 nitrogen and oxygen atoms in total. The van der Waals surface area contributed by atoms with E-state index in [-0.39, 0.29) is 6.04 Å². The van der Waals surface area contributed by atoms with Crippen molar-refractivity contribution in [2.24, 2.45) is 5.10 Å². The highest BCUT2D eigenvalue weighted by atomic mass is 79.9. The van der Waals surface area contributed by atoms with Gasteiger partial charge in [0.25, 0.3) is 0 Å². The molecule has 2 aliphatic rings. The summed E-state index contributed by atoms with van der Waals surface area (Å²) in [5.41, 5.74) is 6.17. The minimum absolute atomic E-state index is 0.241.